The molecule has 5 heteroatoms. The van der Waals surface area contributed by atoms with Gasteiger partial charge >= 0.3 is 0 Å². The van der Waals surface area contributed by atoms with Crippen molar-refractivity contribution in [3.8, 4) is 0 Å². The summed E-state index contributed by atoms with van der Waals surface area (Å²) < 4.78 is 0.897. The maximum atomic E-state index is 11.0. The molecular weight excluding hydrogens is 291 g/mol. The SMILES string of the molecule is O=C1CC(NCc2ccc(Cl)c(Br)c2)CN1. The van der Waals surface area contributed by atoms with E-state index in [2.05, 4.69) is 26.6 Å². The third kappa shape index (κ3) is 2.97. The molecule has 0 bridgehead atoms. The van der Waals surface area contributed by atoms with Gasteiger partial charge in [0.25, 0.3) is 0 Å². The van der Waals surface area contributed by atoms with E-state index in [0.717, 1.165) is 16.6 Å². The summed E-state index contributed by atoms with van der Waals surface area (Å²) in [4.78, 5) is 11.0. The highest BCUT2D eigenvalue weighted by Crippen LogP contribution is 2.23. The summed E-state index contributed by atoms with van der Waals surface area (Å²) in [6.45, 7) is 1.46. The Hall–Kier alpha value is -0.580. The number of amides is 1. The molecule has 16 heavy (non-hydrogen) atoms. The lowest BCUT2D eigenvalue weighted by molar-refractivity contribution is -0.119. The molecule has 1 saturated heterocycles. The van der Waals surface area contributed by atoms with Crippen LogP contribution in [0.2, 0.25) is 5.02 Å². The molecular formula is C11H12BrClN2O. The molecule has 3 nitrogen and oxygen atoms in total. The average molecular weight is 304 g/mol. The van der Waals surface area contributed by atoms with Gasteiger partial charge in [-0.2, -0.15) is 0 Å². The molecule has 1 aliphatic rings. The highest BCUT2D eigenvalue weighted by atomic mass is 79.9. The fourth-order valence-corrected chi connectivity index (χ4v) is 2.21. The van der Waals surface area contributed by atoms with Gasteiger partial charge < -0.3 is 10.6 Å². The Morgan fingerprint density at radius 1 is 1.56 bits per heavy atom. The summed E-state index contributed by atoms with van der Waals surface area (Å²) >= 11 is 9.29. The van der Waals surface area contributed by atoms with E-state index < -0.39 is 0 Å². The Labute approximate surface area is 108 Å². The molecule has 0 spiro atoms. The molecule has 0 aromatic heterocycles. The van der Waals surface area contributed by atoms with Crippen molar-refractivity contribution >= 4 is 33.4 Å². The molecule has 2 rings (SSSR count). The first-order valence-electron chi connectivity index (χ1n) is 5.09. The zero-order chi connectivity index (χ0) is 11.5. The van der Waals surface area contributed by atoms with Crippen LogP contribution in [0.25, 0.3) is 0 Å². The molecule has 1 aliphatic heterocycles. The third-order valence-corrected chi connectivity index (χ3v) is 3.77. The number of rotatable bonds is 3. The van der Waals surface area contributed by atoms with Crippen LogP contribution in [-0.4, -0.2) is 18.5 Å². The van der Waals surface area contributed by atoms with Crippen molar-refractivity contribution in [2.24, 2.45) is 0 Å². The predicted molar refractivity (Wildman–Crippen MR) is 67.4 cm³/mol. The third-order valence-electron chi connectivity index (χ3n) is 2.56. The van der Waals surface area contributed by atoms with Crippen molar-refractivity contribution in [1.29, 1.82) is 0 Å². The van der Waals surface area contributed by atoms with Crippen LogP contribution < -0.4 is 10.6 Å². The fraction of sp³-hybridized carbons (Fsp3) is 0.364. The number of halogens is 2. The van der Waals surface area contributed by atoms with Crippen LogP contribution in [0.15, 0.2) is 22.7 Å². The van der Waals surface area contributed by atoms with Crippen molar-refractivity contribution < 1.29 is 4.79 Å². The quantitative estimate of drug-likeness (QED) is 0.897. The first-order chi connectivity index (χ1) is 7.65. The summed E-state index contributed by atoms with van der Waals surface area (Å²) in [6.07, 6.45) is 0.564. The minimum atomic E-state index is 0.120. The molecule has 2 N–H and O–H groups in total. The van der Waals surface area contributed by atoms with E-state index in [1.807, 2.05) is 18.2 Å². The van der Waals surface area contributed by atoms with Gasteiger partial charge in [0, 0.05) is 30.0 Å². The second kappa shape index (κ2) is 5.17. The summed E-state index contributed by atoms with van der Waals surface area (Å²) in [5.74, 6) is 0.120. The average Bonchev–Trinajstić information content (AvgIpc) is 2.66. The van der Waals surface area contributed by atoms with Gasteiger partial charge in [-0.3, -0.25) is 4.79 Å². The molecule has 1 fully saturated rings. The monoisotopic (exact) mass is 302 g/mol. The molecule has 1 atom stereocenters. The zero-order valence-electron chi connectivity index (χ0n) is 8.59. The van der Waals surface area contributed by atoms with Gasteiger partial charge in [0.2, 0.25) is 5.91 Å². The summed E-state index contributed by atoms with van der Waals surface area (Å²) in [5.41, 5.74) is 1.15. The van der Waals surface area contributed by atoms with Gasteiger partial charge in [-0.25, -0.2) is 0 Å². The Balaban J connectivity index is 1.89. The summed E-state index contributed by atoms with van der Waals surface area (Å²) in [7, 11) is 0. The number of benzene rings is 1. The van der Waals surface area contributed by atoms with Crippen molar-refractivity contribution in [2.45, 2.75) is 19.0 Å². The van der Waals surface area contributed by atoms with Gasteiger partial charge in [0.05, 0.1) is 5.02 Å². The fourth-order valence-electron chi connectivity index (χ4n) is 1.66. The highest BCUT2D eigenvalue weighted by Gasteiger charge is 2.20. The molecule has 0 radical (unpaired) electrons. The number of carbonyl (C=O) groups excluding carboxylic acids is 1. The topological polar surface area (TPSA) is 41.1 Å². The van der Waals surface area contributed by atoms with E-state index >= 15 is 0 Å². The van der Waals surface area contributed by atoms with E-state index in [9.17, 15) is 4.79 Å². The minimum Gasteiger partial charge on any atom is -0.354 e. The van der Waals surface area contributed by atoms with Gasteiger partial charge in [0.1, 0.15) is 0 Å². The lowest BCUT2D eigenvalue weighted by atomic mass is 10.2. The first kappa shape index (κ1) is 11.9. The predicted octanol–water partition coefficient (Wildman–Crippen LogP) is 2.08. The molecule has 1 aromatic rings. The highest BCUT2D eigenvalue weighted by molar-refractivity contribution is 9.10. The Morgan fingerprint density at radius 3 is 3.00 bits per heavy atom. The van der Waals surface area contributed by atoms with Crippen LogP contribution in [0.4, 0.5) is 0 Å². The van der Waals surface area contributed by atoms with Gasteiger partial charge in [0.15, 0.2) is 0 Å². The van der Waals surface area contributed by atoms with Crippen LogP contribution in [0.5, 0.6) is 0 Å². The number of carbonyl (C=O) groups is 1. The van der Waals surface area contributed by atoms with Crippen LogP contribution >= 0.6 is 27.5 Å². The smallest absolute Gasteiger partial charge is 0.221 e. The largest absolute Gasteiger partial charge is 0.354 e. The van der Waals surface area contributed by atoms with Crippen LogP contribution in [0.3, 0.4) is 0 Å². The molecule has 0 saturated carbocycles. The Kier molecular flexibility index (Phi) is 3.84. The van der Waals surface area contributed by atoms with Crippen molar-refractivity contribution in [2.75, 3.05) is 6.54 Å². The number of nitrogens with one attached hydrogen (secondary N) is 2. The standard InChI is InChI=1S/C11H12BrClN2O/c12-9-3-7(1-2-10(9)13)5-14-8-4-11(16)15-6-8/h1-3,8,14H,4-6H2,(H,15,16). The normalized spacial score (nSPS) is 19.9. The van der Waals surface area contributed by atoms with Crippen LogP contribution in [0.1, 0.15) is 12.0 Å². The second-order valence-corrected chi connectivity index (χ2v) is 5.10. The van der Waals surface area contributed by atoms with E-state index in [1.165, 1.54) is 0 Å². The Bertz CT molecular complexity index is 411. The maximum absolute atomic E-state index is 11.0. The summed E-state index contributed by atoms with van der Waals surface area (Å²) in [5, 5.41) is 6.83. The second-order valence-electron chi connectivity index (χ2n) is 3.83. The van der Waals surface area contributed by atoms with E-state index in [4.69, 9.17) is 11.6 Å². The van der Waals surface area contributed by atoms with E-state index in [-0.39, 0.29) is 11.9 Å². The Morgan fingerprint density at radius 2 is 2.38 bits per heavy atom. The maximum Gasteiger partial charge on any atom is 0.221 e. The molecule has 1 aromatic carbocycles. The van der Waals surface area contributed by atoms with E-state index in [0.29, 0.717) is 18.0 Å². The molecule has 1 amide bonds. The lowest BCUT2D eigenvalue weighted by Crippen LogP contribution is -2.30. The number of hydrogen-bond acceptors (Lipinski definition) is 2. The molecule has 86 valence electrons. The molecule has 0 aliphatic carbocycles. The van der Waals surface area contributed by atoms with E-state index in [1.54, 1.807) is 0 Å². The van der Waals surface area contributed by atoms with Crippen molar-refractivity contribution in [3.63, 3.8) is 0 Å². The minimum absolute atomic E-state index is 0.120. The molecule has 1 unspecified atom stereocenters. The van der Waals surface area contributed by atoms with Crippen LogP contribution in [-0.2, 0) is 11.3 Å². The van der Waals surface area contributed by atoms with Gasteiger partial charge in [-0.05, 0) is 33.6 Å². The first-order valence-corrected chi connectivity index (χ1v) is 6.26. The zero-order valence-corrected chi connectivity index (χ0v) is 10.9. The summed E-state index contributed by atoms with van der Waals surface area (Å²) in [6, 6.07) is 6.06. The van der Waals surface area contributed by atoms with Crippen LogP contribution in [0, 0.1) is 0 Å². The van der Waals surface area contributed by atoms with Gasteiger partial charge in [-0.1, -0.05) is 17.7 Å². The number of hydrogen-bond donors (Lipinski definition) is 2. The van der Waals surface area contributed by atoms with Gasteiger partial charge in [-0.15, -0.1) is 0 Å². The lowest BCUT2D eigenvalue weighted by Gasteiger charge is -2.10. The molecule has 1 heterocycles. The van der Waals surface area contributed by atoms with Crippen molar-refractivity contribution in [1.82, 2.24) is 10.6 Å². The van der Waals surface area contributed by atoms with Crippen molar-refractivity contribution in [3.05, 3.63) is 33.3 Å².